The maximum Gasteiger partial charge on any atom is 0.333 e. The number of benzene rings is 2. The molecule has 1 aliphatic rings. The molecule has 0 aliphatic carbocycles. The summed E-state index contributed by atoms with van der Waals surface area (Å²) in [6.45, 7) is 5.54. The number of hydrogen-bond donors (Lipinski definition) is 0. The van der Waals surface area contributed by atoms with Crippen LogP contribution in [0.1, 0.15) is 44.2 Å². The second kappa shape index (κ2) is 11.2. The van der Waals surface area contributed by atoms with Crippen molar-refractivity contribution in [2.45, 2.75) is 44.6 Å². The van der Waals surface area contributed by atoms with Crippen molar-refractivity contribution in [1.29, 1.82) is 0 Å². The zero-order valence-electron chi connectivity index (χ0n) is 19.3. The first-order valence-electron chi connectivity index (χ1n) is 11.0. The Balaban J connectivity index is 1.82. The van der Waals surface area contributed by atoms with Gasteiger partial charge in [0.05, 0.1) is 31.0 Å². The fourth-order valence-electron chi connectivity index (χ4n) is 3.38. The first-order valence-corrected chi connectivity index (χ1v) is 12.7. The Labute approximate surface area is 195 Å². The van der Waals surface area contributed by atoms with Crippen LogP contribution in [0.4, 0.5) is 0 Å². The molecule has 0 amide bonds. The highest BCUT2D eigenvalue weighted by atomic mass is 32.2. The quantitative estimate of drug-likeness (QED) is 0.466. The molecule has 3 rings (SSSR count). The second-order valence-corrected chi connectivity index (χ2v) is 9.77. The Morgan fingerprint density at radius 2 is 1.67 bits per heavy atom. The second-order valence-electron chi connectivity index (χ2n) is 7.70. The van der Waals surface area contributed by atoms with Gasteiger partial charge in [-0.3, -0.25) is 0 Å². The van der Waals surface area contributed by atoms with Crippen molar-refractivity contribution in [3.8, 4) is 17.2 Å². The molecule has 178 valence electrons. The number of sulfone groups is 1. The molecule has 0 radical (unpaired) electrons. The van der Waals surface area contributed by atoms with E-state index in [1.165, 1.54) is 13.2 Å². The molecular weight excluding hydrogens is 444 g/mol. The summed E-state index contributed by atoms with van der Waals surface area (Å²) >= 11 is 0. The highest BCUT2D eigenvalue weighted by molar-refractivity contribution is 7.91. The van der Waals surface area contributed by atoms with Crippen LogP contribution in [0.2, 0.25) is 0 Å². The summed E-state index contributed by atoms with van der Waals surface area (Å²) in [5.41, 5.74) is 1.62. The lowest BCUT2D eigenvalue weighted by Crippen LogP contribution is -2.10. The van der Waals surface area contributed by atoms with Crippen LogP contribution in [0.25, 0.3) is 6.08 Å². The number of hydrogen-bond acceptors (Lipinski definition) is 7. The van der Waals surface area contributed by atoms with Gasteiger partial charge in [-0.25, -0.2) is 13.2 Å². The van der Waals surface area contributed by atoms with E-state index in [0.29, 0.717) is 41.6 Å². The van der Waals surface area contributed by atoms with E-state index < -0.39 is 15.8 Å². The Morgan fingerprint density at radius 3 is 2.36 bits per heavy atom. The standard InChI is InChI=1S/C25H30O7S/c1-4-11-30-22-8-6-18(14-23(22)31-12-5-2)17-32-21-7-9-24-20(16-21)15-19(25(26)29-3)10-13-33(24,27)28/h6-9,14-16H,4-5,10-13,17H2,1-3H3. The topological polar surface area (TPSA) is 88.1 Å². The first-order chi connectivity index (χ1) is 15.9. The lowest BCUT2D eigenvalue weighted by atomic mass is 10.1. The monoisotopic (exact) mass is 474 g/mol. The molecule has 2 aromatic carbocycles. The van der Waals surface area contributed by atoms with Crippen molar-refractivity contribution >= 4 is 21.9 Å². The SMILES string of the molecule is CCCOc1ccc(COc2ccc3c(c2)C=C(C(=O)OC)CCS3(=O)=O)cc1OCCC. The number of methoxy groups -OCH3 is 1. The van der Waals surface area contributed by atoms with Gasteiger partial charge < -0.3 is 18.9 Å². The lowest BCUT2D eigenvalue weighted by Gasteiger charge is -2.14. The van der Waals surface area contributed by atoms with E-state index in [-0.39, 0.29) is 23.7 Å². The summed E-state index contributed by atoms with van der Waals surface area (Å²) < 4.78 is 47.6. The van der Waals surface area contributed by atoms with Gasteiger partial charge >= 0.3 is 5.97 Å². The minimum Gasteiger partial charge on any atom is -0.490 e. The zero-order valence-corrected chi connectivity index (χ0v) is 20.1. The van der Waals surface area contributed by atoms with Gasteiger partial charge in [-0.1, -0.05) is 19.9 Å². The van der Waals surface area contributed by atoms with E-state index in [1.807, 2.05) is 32.0 Å². The van der Waals surface area contributed by atoms with Crippen LogP contribution in [0.3, 0.4) is 0 Å². The molecular formula is C25H30O7S. The third-order valence-electron chi connectivity index (χ3n) is 5.07. The van der Waals surface area contributed by atoms with Gasteiger partial charge in [-0.2, -0.15) is 0 Å². The first kappa shape index (κ1) is 24.6. The maximum absolute atomic E-state index is 12.6. The summed E-state index contributed by atoms with van der Waals surface area (Å²) in [6, 6.07) is 10.5. The molecule has 0 saturated heterocycles. The third kappa shape index (κ3) is 6.28. The smallest absolute Gasteiger partial charge is 0.333 e. The van der Waals surface area contributed by atoms with Crippen LogP contribution in [-0.2, 0) is 26.0 Å². The van der Waals surface area contributed by atoms with Gasteiger partial charge in [-0.05, 0) is 66.8 Å². The Kier molecular flexibility index (Phi) is 8.38. The molecule has 7 nitrogen and oxygen atoms in total. The van der Waals surface area contributed by atoms with Crippen LogP contribution < -0.4 is 14.2 Å². The fraction of sp³-hybridized carbons (Fsp3) is 0.400. The number of esters is 1. The molecule has 1 aliphatic heterocycles. The molecule has 0 bridgehead atoms. The number of carbonyl (C=O) groups is 1. The van der Waals surface area contributed by atoms with Gasteiger partial charge in [-0.15, -0.1) is 0 Å². The summed E-state index contributed by atoms with van der Waals surface area (Å²) in [5, 5.41) is 0. The number of carbonyl (C=O) groups excluding carboxylic acids is 1. The highest BCUT2D eigenvalue weighted by Gasteiger charge is 2.25. The van der Waals surface area contributed by atoms with E-state index in [4.69, 9.17) is 18.9 Å². The minimum absolute atomic E-state index is 0.104. The fourth-order valence-corrected chi connectivity index (χ4v) is 4.84. The number of fused-ring (bicyclic) bond motifs is 1. The van der Waals surface area contributed by atoms with Crippen molar-refractivity contribution in [3.05, 3.63) is 53.1 Å². The predicted molar refractivity (Wildman–Crippen MR) is 125 cm³/mol. The van der Waals surface area contributed by atoms with Crippen molar-refractivity contribution in [1.82, 2.24) is 0 Å². The molecule has 0 aromatic heterocycles. The Morgan fingerprint density at radius 1 is 0.939 bits per heavy atom. The Hall–Kier alpha value is -3.00. The maximum atomic E-state index is 12.6. The average molecular weight is 475 g/mol. The Bertz CT molecular complexity index is 1120. The molecule has 0 N–H and O–H groups in total. The molecule has 0 saturated carbocycles. The zero-order chi connectivity index (χ0) is 23.8. The van der Waals surface area contributed by atoms with E-state index in [0.717, 1.165) is 18.4 Å². The van der Waals surface area contributed by atoms with Crippen molar-refractivity contribution < 1.29 is 32.2 Å². The molecule has 8 heteroatoms. The van der Waals surface area contributed by atoms with Crippen LogP contribution in [-0.4, -0.2) is 40.5 Å². The molecule has 33 heavy (non-hydrogen) atoms. The third-order valence-corrected chi connectivity index (χ3v) is 6.85. The average Bonchev–Trinajstić information content (AvgIpc) is 2.95. The van der Waals surface area contributed by atoms with E-state index in [9.17, 15) is 13.2 Å². The van der Waals surface area contributed by atoms with Crippen LogP contribution in [0.5, 0.6) is 17.2 Å². The lowest BCUT2D eigenvalue weighted by molar-refractivity contribution is -0.136. The molecule has 0 atom stereocenters. The molecule has 0 unspecified atom stereocenters. The van der Waals surface area contributed by atoms with Crippen LogP contribution in [0.15, 0.2) is 46.9 Å². The predicted octanol–water partition coefficient (Wildman–Crippen LogP) is 4.58. The normalized spacial score (nSPS) is 14.5. The van der Waals surface area contributed by atoms with Crippen LogP contribution >= 0.6 is 0 Å². The summed E-state index contributed by atoms with van der Waals surface area (Å²) in [7, 11) is -2.23. The number of rotatable bonds is 10. The summed E-state index contributed by atoms with van der Waals surface area (Å²) in [4.78, 5) is 12.2. The van der Waals surface area contributed by atoms with Gasteiger partial charge in [0, 0.05) is 5.57 Å². The van der Waals surface area contributed by atoms with Gasteiger partial charge in [0.25, 0.3) is 0 Å². The van der Waals surface area contributed by atoms with Crippen molar-refractivity contribution in [2.24, 2.45) is 0 Å². The number of ether oxygens (including phenoxy) is 4. The molecule has 2 aromatic rings. The van der Waals surface area contributed by atoms with Gasteiger partial charge in [0.2, 0.25) is 0 Å². The van der Waals surface area contributed by atoms with Crippen molar-refractivity contribution in [3.63, 3.8) is 0 Å². The van der Waals surface area contributed by atoms with Crippen LogP contribution in [0, 0.1) is 0 Å². The largest absolute Gasteiger partial charge is 0.490 e. The molecule has 0 spiro atoms. The summed E-state index contributed by atoms with van der Waals surface area (Å²) in [5.74, 6) is 1.19. The van der Waals surface area contributed by atoms with E-state index in [2.05, 4.69) is 0 Å². The van der Waals surface area contributed by atoms with Gasteiger partial charge in [0.15, 0.2) is 21.3 Å². The minimum atomic E-state index is -3.51. The van der Waals surface area contributed by atoms with E-state index >= 15 is 0 Å². The molecule has 0 fully saturated rings. The van der Waals surface area contributed by atoms with E-state index in [1.54, 1.807) is 18.2 Å². The summed E-state index contributed by atoms with van der Waals surface area (Å²) in [6.07, 6.45) is 3.45. The van der Waals surface area contributed by atoms with Gasteiger partial charge in [0.1, 0.15) is 12.4 Å². The molecule has 1 heterocycles. The van der Waals surface area contributed by atoms with Crippen molar-refractivity contribution in [2.75, 3.05) is 26.1 Å². The highest BCUT2D eigenvalue weighted by Crippen LogP contribution is 2.32.